The van der Waals surface area contributed by atoms with Gasteiger partial charge in [-0.25, -0.2) is 12.7 Å². The summed E-state index contributed by atoms with van der Waals surface area (Å²) >= 11 is 0. The van der Waals surface area contributed by atoms with Crippen molar-refractivity contribution >= 4 is 15.7 Å². The molecule has 0 N–H and O–H groups in total. The van der Waals surface area contributed by atoms with Gasteiger partial charge in [0.15, 0.2) is 0 Å². The molecule has 2 fully saturated rings. The molecule has 1 atom stereocenters. The number of sulfonamides is 1. The highest BCUT2D eigenvalue weighted by Gasteiger charge is 2.31. The number of ether oxygens (including phenoxy) is 1. The molecule has 1 aromatic rings. The van der Waals surface area contributed by atoms with Gasteiger partial charge in [-0.2, -0.15) is 0 Å². The maximum atomic E-state index is 11.8. The minimum Gasteiger partial charge on any atom is -0.495 e. The van der Waals surface area contributed by atoms with Crippen LogP contribution in [0.1, 0.15) is 12.8 Å². The predicted octanol–water partition coefficient (Wildman–Crippen LogP) is 1.24. The Morgan fingerprint density at radius 1 is 1.08 bits per heavy atom. The largest absolute Gasteiger partial charge is 0.495 e. The van der Waals surface area contributed by atoms with Gasteiger partial charge in [-0.1, -0.05) is 12.1 Å². The van der Waals surface area contributed by atoms with Crippen molar-refractivity contribution < 1.29 is 13.2 Å². The molecule has 2 aliphatic rings. The van der Waals surface area contributed by atoms with Gasteiger partial charge in [-0.15, -0.1) is 0 Å². The number of hydrogen-bond acceptors (Lipinski definition) is 5. The number of rotatable bonds is 4. The zero-order valence-corrected chi connectivity index (χ0v) is 15.3. The lowest BCUT2D eigenvalue weighted by Gasteiger charge is -2.43. The van der Waals surface area contributed by atoms with E-state index in [-0.39, 0.29) is 0 Å². The molecule has 134 valence electrons. The van der Waals surface area contributed by atoms with Gasteiger partial charge in [0.25, 0.3) is 0 Å². The molecule has 0 radical (unpaired) electrons. The number of piperazine rings is 1. The average molecular weight is 353 g/mol. The van der Waals surface area contributed by atoms with Crippen LogP contribution in [-0.4, -0.2) is 76.3 Å². The smallest absolute Gasteiger partial charge is 0.211 e. The van der Waals surface area contributed by atoms with Crippen LogP contribution >= 0.6 is 0 Å². The third-order valence-corrected chi connectivity index (χ3v) is 6.35. The van der Waals surface area contributed by atoms with Crippen LogP contribution in [0.25, 0.3) is 0 Å². The van der Waals surface area contributed by atoms with Crippen molar-refractivity contribution in [2.75, 3.05) is 57.5 Å². The molecule has 2 saturated heterocycles. The first kappa shape index (κ1) is 17.5. The van der Waals surface area contributed by atoms with Crippen LogP contribution in [0.4, 0.5) is 5.69 Å². The Kier molecular flexibility index (Phi) is 5.32. The van der Waals surface area contributed by atoms with Crippen LogP contribution in [0.15, 0.2) is 24.3 Å². The monoisotopic (exact) mass is 353 g/mol. The van der Waals surface area contributed by atoms with Gasteiger partial charge < -0.3 is 9.64 Å². The standard InChI is InChI=1S/C17H27N3O3S/c1-23-17-8-4-3-7-16(17)19-12-10-18(11-13-19)15-6-5-9-20(14-15)24(2,21)22/h3-4,7-8,15H,5-6,9-14H2,1-2H3. The van der Waals surface area contributed by atoms with Gasteiger partial charge >= 0.3 is 0 Å². The molecule has 2 aliphatic heterocycles. The zero-order valence-electron chi connectivity index (χ0n) is 14.5. The molecule has 0 saturated carbocycles. The van der Waals surface area contributed by atoms with Crippen LogP contribution in [-0.2, 0) is 10.0 Å². The van der Waals surface area contributed by atoms with E-state index >= 15 is 0 Å². The minimum absolute atomic E-state index is 0.341. The van der Waals surface area contributed by atoms with E-state index in [2.05, 4.69) is 15.9 Å². The SMILES string of the molecule is COc1ccccc1N1CCN(C2CCCN(S(C)(=O)=O)C2)CC1. The van der Waals surface area contributed by atoms with Crippen LogP contribution in [0, 0.1) is 0 Å². The number of nitrogens with zero attached hydrogens (tertiary/aromatic N) is 3. The number of hydrogen-bond donors (Lipinski definition) is 0. The first-order chi connectivity index (χ1) is 11.5. The van der Waals surface area contributed by atoms with Crippen molar-refractivity contribution in [2.45, 2.75) is 18.9 Å². The second-order valence-electron chi connectivity index (χ2n) is 6.61. The van der Waals surface area contributed by atoms with Crippen molar-refractivity contribution in [1.29, 1.82) is 0 Å². The number of para-hydroxylation sites is 2. The summed E-state index contributed by atoms with van der Waals surface area (Å²) < 4.78 is 30.7. The number of benzene rings is 1. The molecule has 0 aliphatic carbocycles. The van der Waals surface area contributed by atoms with Gasteiger partial charge in [-0.3, -0.25) is 4.90 Å². The normalized spacial score (nSPS) is 24.1. The summed E-state index contributed by atoms with van der Waals surface area (Å²) in [5, 5.41) is 0. The maximum Gasteiger partial charge on any atom is 0.211 e. The molecule has 6 nitrogen and oxygen atoms in total. The fourth-order valence-corrected chi connectivity index (χ4v) is 4.64. The first-order valence-corrected chi connectivity index (χ1v) is 10.4. The van der Waals surface area contributed by atoms with Gasteiger partial charge in [-0.05, 0) is 25.0 Å². The first-order valence-electron chi connectivity index (χ1n) is 8.56. The molecule has 3 rings (SSSR count). The van der Waals surface area contributed by atoms with Gasteiger partial charge in [0.2, 0.25) is 10.0 Å². The Hall–Kier alpha value is -1.31. The summed E-state index contributed by atoms with van der Waals surface area (Å²) in [6.45, 7) is 5.09. The molecule has 1 unspecified atom stereocenters. The molecular formula is C17H27N3O3S. The number of methoxy groups -OCH3 is 1. The van der Waals surface area contributed by atoms with Gasteiger partial charge in [0.1, 0.15) is 5.75 Å². The fourth-order valence-electron chi connectivity index (χ4n) is 3.74. The highest BCUT2D eigenvalue weighted by molar-refractivity contribution is 7.88. The van der Waals surface area contributed by atoms with E-state index in [0.717, 1.165) is 50.5 Å². The summed E-state index contributed by atoms with van der Waals surface area (Å²) in [6.07, 6.45) is 3.35. The molecule has 2 heterocycles. The Balaban J connectivity index is 1.61. The molecule has 1 aromatic carbocycles. The lowest BCUT2D eigenvalue weighted by atomic mass is 10.0. The summed E-state index contributed by atoms with van der Waals surface area (Å²) in [7, 11) is -1.38. The molecule has 0 aromatic heterocycles. The van der Waals surface area contributed by atoms with E-state index in [1.54, 1.807) is 11.4 Å². The zero-order chi connectivity index (χ0) is 17.2. The Morgan fingerprint density at radius 2 is 1.79 bits per heavy atom. The highest BCUT2D eigenvalue weighted by Crippen LogP contribution is 2.29. The van der Waals surface area contributed by atoms with E-state index in [1.165, 1.54) is 6.26 Å². The lowest BCUT2D eigenvalue weighted by molar-refractivity contribution is 0.128. The second kappa shape index (κ2) is 7.29. The van der Waals surface area contributed by atoms with Gasteiger partial charge in [0.05, 0.1) is 19.1 Å². The Morgan fingerprint density at radius 3 is 2.46 bits per heavy atom. The second-order valence-corrected chi connectivity index (χ2v) is 8.59. The van der Waals surface area contributed by atoms with Crippen molar-refractivity contribution in [1.82, 2.24) is 9.21 Å². The minimum atomic E-state index is -3.08. The van der Waals surface area contributed by atoms with E-state index in [9.17, 15) is 8.42 Å². The molecule has 7 heteroatoms. The van der Waals surface area contributed by atoms with Crippen LogP contribution < -0.4 is 9.64 Å². The van der Waals surface area contributed by atoms with E-state index < -0.39 is 10.0 Å². The molecule has 0 amide bonds. The fraction of sp³-hybridized carbons (Fsp3) is 0.647. The number of anilines is 1. The summed E-state index contributed by atoms with van der Waals surface area (Å²) in [5.74, 6) is 0.909. The molecular weight excluding hydrogens is 326 g/mol. The third kappa shape index (κ3) is 3.84. The highest BCUT2D eigenvalue weighted by atomic mass is 32.2. The summed E-state index contributed by atoms with van der Waals surface area (Å²) in [6, 6.07) is 8.46. The van der Waals surface area contributed by atoms with Crippen molar-refractivity contribution in [3.05, 3.63) is 24.3 Å². The quantitative estimate of drug-likeness (QED) is 0.815. The topological polar surface area (TPSA) is 53.1 Å². The molecule has 24 heavy (non-hydrogen) atoms. The van der Waals surface area contributed by atoms with Crippen molar-refractivity contribution in [3.8, 4) is 5.75 Å². The van der Waals surface area contributed by atoms with Crippen molar-refractivity contribution in [3.63, 3.8) is 0 Å². The lowest BCUT2D eigenvalue weighted by Crippen LogP contribution is -2.55. The molecule has 0 spiro atoms. The van der Waals surface area contributed by atoms with E-state index in [0.29, 0.717) is 19.1 Å². The molecule has 0 bridgehead atoms. The Labute approximate surface area is 145 Å². The van der Waals surface area contributed by atoms with Crippen LogP contribution in [0.3, 0.4) is 0 Å². The van der Waals surface area contributed by atoms with Crippen molar-refractivity contribution in [2.24, 2.45) is 0 Å². The average Bonchev–Trinajstić information content (AvgIpc) is 2.61. The predicted molar refractivity (Wildman–Crippen MR) is 96.2 cm³/mol. The summed E-state index contributed by atoms with van der Waals surface area (Å²) in [4.78, 5) is 4.80. The third-order valence-electron chi connectivity index (χ3n) is 5.08. The number of piperidine rings is 1. The van der Waals surface area contributed by atoms with Crippen LogP contribution in [0.5, 0.6) is 5.75 Å². The maximum absolute atomic E-state index is 11.8. The van der Waals surface area contributed by atoms with Crippen LogP contribution in [0.2, 0.25) is 0 Å². The van der Waals surface area contributed by atoms with E-state index in [4.69, 9.17) is 4.74 Å². The Bertz CT molecular complexity index is 657. The van der Waals surface area contributed by atoms with Gasteiger partial charge in [0, 0.05) is 45.3 Å². The summed E-state index contributed by atoms with van der Waals surface area (Å²) in [5.41, 5.74) is 1.14. The van der Waals surface area contributed by atoms with E-state index in [1.807, 2.05) is 18.2 Å².